The summed E-state index contributed by atoms with van der Waals surface area (Å²) in [6, 6.07) is 25.2. The van der Waals surface area contributed by atoms with E-state index in [-0.39, 0.29) is 17.4 Å². The summed E-state index contributed by atoms with van der Waals surface area (Å²) in [5, 5.41) is 9.26. The number of hydrogen-bond donors (Lipinski definition) is 1. The van der Waals surface area contributed by atoms with Gasteiger partial charge in [-0.1, -0.05) is 55.5 Å². The molecule has 7 heteroatoms. The van der Waals surface area contributed by atoms with Crippen LogP contribution in [0.5, 0.6) is 0 Å². The number of carbonyl (C=O) groups excluding carboxylic acids is 2. The molecule has 7 nitrogen and oxygen atoms in total. The first-order chi connectivity index (χ1) is 21.1. The van der Waals surface area contributed by atoms with E-state index in [2.05, 4.69) is 36.1 Å². The van der Waals surface area contributed by atoms with Crippen LogP contribution in [0.1, 0.15) is 80.8 Å². The highest BCUT2D eigenvalue weighted by molar-refractivity contribution is 6.07. The van der Waals surface area contributed by atoms with Crippen molar-refractivity contribution in [3.05, 3.63) is 95.6 Å². The molecule has 0 radical (unpaired) electrons. The van der Waals surface area contributed by atoms with E-state index in [1.54, 1.807) is 12.1 Å². The van der Waals surface area contributed by atoms with Crippen molar-refractivity contribution in [2.24, 2.45) is 11.8 Å². The van der Waals surface area contributed by atoms with Crippen LogP contribution >= 0.6 is 0 Å². The molecule has 2 amide bonds. The largest absolute Gasteiger partial charge is 0.478 e. The Morgan fingerprint density at radius 3 is 2.25 bits per heavy atom. The molecule has 3 aromatic rings. The monoisotopic (exact) mass is 593 g/mol. The van der Waals surface area contributed by atoms with Crippen LogP contribution in [0, 0.1) is 11.8 Å². The van der Waals surface area contributed by atoms with Crippen LogP contribution in [-0.4, -0.2) is 46.5 Å². The first kappa shape index (κ1) is 29.9. The first-order valence-electron chi connectivity index (χ1n) is 16.0. The van der Waals surface area contributed by atoms with Gasteiger partial charge in [0.05, 0.1) is 17.6 Å². The van der Waals surface area contributed by atoms with Crippen molar-refractivity contribution in [1.82, 2.24) is 4.90 Å². The van der Waals surface area contributed by atoms with Gasteiger partial charge in [-0.15, -0.1) is 0 Å². The summed E-state index contributed by atoms with van der Waals surface area (Å²) in [6.07, 6.45) is 5.64. The zero-order valence-corrected chi connectivity index (χ0v) is 26.0. The molecule has 1 saturated heterocycles. The Kier molecular flexibility index (Phi) is 7.99. The lowest BCUT2D eigenvalue weighted by molar-refractivity contribution is -0.134. The summed E-state index contributed by atoms with van der Waals surface area (Å²) < 4.78 is 0. The van der Waals surface area contributed by atoms with E-state index < -0.39 is 16.9 Å². The van der Waals surface area contributed by atoms with E-state index in [0.29, 0.717) is 25.0 Å². The minimum atomic E-state index is -0.951. The standard InChI is InChI=1S/C37H43N3O4/c1-26(10-9-23-39-32-14-8-7-13-31(32)36(2,3)34(39)43)28-19-21-37(22-20-28)35(44)38(25-40(37)30-11-5-4-6-12-30)24-27-15-17-29(18-16-27)33(41)42/h4-8,11-18,26,28H,9-10,19-25H2,1-3H3,(H,41,42). The van der Waals surface area contributed by atoms with Gasteiger partial charge < -0.3 is 19.8 Å². The van der Waals surface area contributed by atoms with E-state index in [9.17, 15) is 19.5 Å². The van der Waals surface area contributed by atoms with Crippen molar-refractivity contribution in [1.29, 1.82) is 0 Å². The topological polar surface area (TPSA) is 81.2 Å². The molecular weight excluding hydrogens is 550 g/mol. The number of carbonyl (C=O) groups is 3. The Hall–Kier alpha value is -4.13. The summed E-state index contributed by atoms with van der Waals surface area (Å²) in [7, 11) is 0. The molecule has 2 heterocycles. The molecule has 3 aromatic carbocycles. The minimum Gasteiger partial charge on any atom is -0.478 e. The fourth-order valence-electron chi connectivity index (χ4n) is 7.81. The predicted octanol–water partition coefficient (Wildman–Crippen LogP) is 6.86. The lowest BCUT2D eigenvalue weighted by Crippen LogP contribution is -2.52. The van der Waals surface area contributed by atoms with Gasteiger partial charge in [0.15, 0.2) is 0 Å². The predicted molar refractivity (Wildman–Crippen MR) is 173 cm³/mol. The third kappa shape index (κ3) is 5.27. The number of hydrogen-bond acceptors (Lipinski definition) is 4. The van der Waals surface area contributed by atoms with Crippen LogP contribution in [0.15, 0.2) is 78.9 Å². The second-order valence-electron chi connectivity index (χ2n) is 13.5. The maximum Gasteiger partial charge on any atom is 0.335 e. The molecule has 44 heavy (non-hydrogen) atoms. The Balaban J connectivity index is 1.11. The van der Waals surface area contributed by atoms with Gasteiger partial charge in [0.1, 0.15) is 5.54 Å². The average Bonchev–Trinajstić information content (AvgIpc) is 3.40. The highest BCUT2D eigenvalue weighted by atomic mass is 16.4. The van der Waals surface area contributed by atoms with Gasteiger partial charge in [-0.3, -0.25) is 9.59 Å². The second kappa shape index (κ2) is 11.8. The second-order valence-corrected chi connectivity index (χ2v) is 13.5. The Morgan fingerprint density at radius 1 is 0.909 bits per heavy atom. The van der Waals surface area contributed by atoms with Crippen molar-refractivity contribution in [3.63, 3.8) is 0 Å². The number of nitrogens with zero attached hydrogens (tertiary/aromatic N) is 3. The molecule has 1 saturated carbocycles. The van der Waals surface area contributed by atoms with E-state index in [4.69, 9.17) is 0 Å². The summed E-state index contributed by atoms with van der Waals surface area (Å²) in [4.78, 5) is 44.9. The molecule has 1 N–H and O–H groups in total. The van der Waals surface area contributed by atoms with Crippen LogP contribution in [0.3, 0.4) is 0 Å². The van der Waals surface area contributed by atoms with Gasteiger partial charge >= 0.3 is 5.97 Å². The zero-order chi connectivity index (χ0) is 31.1. The van der Waals surface area contributed by atoms with Gasteiger partial charge in [-0.2, -0.15) is 0 Å². The maximum absolute atomic E-state index is 14.2. The minimum absolute atomic E-state index is 0.170. The lowest BCUT2D eigenvalue weighted by Gasteiger charge is -2.43. The van der Waals surface area contributed by atoms with Crippen molar-refractivity contribution < 1.29 is 19.5 Å². The Labute approximate surface area is 260 Å². The summed E-state index contributed by atoms with van der Waals surface area (Å²) in [6.45, 7) is 8.10. The van der Waals surface area contributed by atoms with Gasteiger partial charge in [-0.05, 0) is 106 Å². The van der Waals surface area contributed by atoms with Gasteiger partial charge in [0, 0.05) is 24.5 Å². The molecule has 6 rings (SSSR count). The molecule has 1 aliphatic carbocycles. The van der Waals surface area contributed by atoms with Crippen LogP contribution in [-0.2, 0) is 21.5 Å². The Morgan fingerprint density at radius 2 is 1.57 bits per heavy atom. The van der Waals surface area contributed by atoms with Crippen molar-refractivity contribution in [3.8, 4) is 0 Å². The van der Waals surface area contributed by atoms with E-state index >= 15 is 0 Å². The van der Waals surface area contributed by atoms with Crippen molar-refractivity contribution in [2.75, 3.05) is 23.0 Å². The molecule has 3 aliphatic rings. The summed E-state index contributed by atoms with van der Waals surface area (Å²) >= 11 is 0. The Bertz CT molecular complexity index is 1530. The summed E-state index contributed by atoms with van der Waals surface area (Å²) in [5.74, 6) is 0.464. The number of amides is 2. The smallest absolute Gasteiger partial charge is 0.335 e. The van der Waals surface area contributed by atoms with Crippen molar-refractivity contribution in [2.45, 2.75) is 76.8 Å². The number of para-hydroxylation sites is 2. The number of carboxylic acids is 1. The summed E-state index contributed by atoms with van der Waals surface area (Å²) in [5.41, 5.74) is 3.37. The number of fused-ring (bicyclic) bond motifs is 1. The molecule has 1 atom stereocenters. The quantitative estimate of drug-likeness (QED) is 0.293. The molecule has 0 bridgehead atoms. The van der Waals surface area contributed by atoms with Crippen LogP contribution < -0.4 is 9.80 Å². The molecule has 1 spiro atoms. The van der Waals surface area contributed by atoms with Gasteiger partial charge in [-0.25, -0.2) is 4.79 Å². The lowest BCUT2D eigenvalue weighted by atomic mass is 9.70. The third-order valence-corrected chi connectivity index (χ3v) is 10.5. The number of rotatable bonds is 9. The molecule has 230 valence electrons. The molecule has 0 aromatic heterocycles. The zero-order valence-electron chi connectivity index (χ0n) is 26.0. The van der Waals surface area contributed by atoms with Gasteiger partial charge in [0.25, 0.3) is 0 Å². The van der Waals surface area contributed by atoms with Gasteiger partial charge in [0.2, 0.25) is 11.8 Å². The SMILES string of the molecule is CC(CCCN1C(=O)C(C)(C)c2ccccc21)C1CCC2(CC1)C(=O)N(Cc1ccc(C(=O)O)cc1)CN2c1ccccc1. The fourth-order valence-corrected chi connectivity index (χ4v) is 7.81. The highest BCUT2D eigenvalue weighted by Crippen LogP contribution is 2.46. The van der Waals surface area contributed by atoms with Crippen LogP contribution in [0.25, 0.3) is 0 Å². The number of anilines is 2. The molecule has 2 fully saturated rings. The van der Waals surface area contributed by atoms with E-state index in [1.165, 1.54) is 0 Å². The van der Waals surface area contributed by atoms with E-state index in [1.807, 2.05) is 66.1 Å². The van der Waals surface area contributed by atoms with E-state index in [0.717, 1.165) is 67.6 Å². The normalized spacial score (nSPS) is 23.3. The average molecular weight is 594 g/mol. The van der Waals surface area contributed by atoms with Crippen molar-refractivity contribution >= 4 is 29.2 Å². The number of carboxylic acid groups (broad SMARTS) is 1. The number of benzene rings is 3. The molecular formula is C37H43N3O4. The molecule has 1 unspecified atom stereocenters. The molecule has 2 aliphatic heterocycles. The fraction of sp³-hybridized carbons (Fsp3) is 0.432. The van der Waals surface area contributed by atoms with Crippen LogP contribution in [0.4, 0.5) is 11.4 Å². The third-order valence-electron chi connectivity index (χ3n) is 10.5. The number of aromatic carboxylic acids is 1. The first-order valence-corrected chi connectivity index (χ1v) is 16.0. The van der Waals surface area contributed by atoms with Crippen LogP contribution in [0.2, 0.25) is 0 Å². The maximum atomic E-state index is 14.2. The highest BCUT2D eigenvalue weighted by Gasteiger charge is 2.54.